The largest absolute Gasteiger partial charge is 0.507 e. The summed E-state index contributed by atoms with van der Waals surface area (Å²) in [6, 6.07) is 1.94. The summed E-state index contributed by atoms with van der Waals surface area (Å²) < 4.78 is 5.84. The summed E-state index contributed by atoms with van der Waals surface area (Å²) in [7, 11) is 0. The number of hydrogen-bond donors (Lipinski definition) is 4. The average Bonchev–Trinajstić information content (AvgIpc) is 3.23. The summed E-state index contributed by atoms with van der Waals surface area (Å²) in [5.74, 6) is -2.54. The number of phenols is 1. The van der Waals surface area contributed by atoms with Gasteiger partial charge in [0.25, 0.3) is 0 Å². The van der Waals surface area contributed by atoms with Crippen molar-refractivity contribution in [3.8, 4) is 17.1 Å². The van der Waals surface area contributed by atoms with Crippen molar-refractivity contribution >= 4 is 39.8 Å². The second-order valence-electron chi connectivity index (χ2n) is 13.3. The van der Waals surface area contributed by atoms with E-state index < -0.39 is 64.5 Å². The number of amides is 3. The number of rotatable bonds is 8. The molecule has 0 bridgehead atoms. The van der Waals surface area contributed by atoms with Gasteiger partial charge < -0.3 is 30.5 Å². The molecule has 2 heterocycles. The molecule has 4 N–H and O–H groups in total. The predicted octanol–water partition coefficient (Wildman–Crippen LogP) is 3.04. The minimum absolute atomic E-state index is 0.0144. The van der Waals surface area contributed by atoms with Crippen molar-refractivity contribution < 1.29 is 34.1 Å². The van der Waals surface area contributed by atoms with E-state index in [0.29, 0.717) is 10.0 Å². The number of aliphatic carboxylic acids is 1. The van der Waals surface area contributed by atoms with Gasteiger partial charge in [-0.25, -0.2) is 9.59 Å². The van der Waals surface area contributed by atoms with Crippen molar-refractivity contribution in [3.63, 3.8) is 0 Å². The minimum atomic E-state index is -1.51. The van der Waals surface area contributed by atoms with E-state index in [9.17, 15) is 29.4 Å². The zero-order valence-electron chi connectivity index (χ0n) is 25.5. The Morgan fingerprint density at radius 3 is 2.43 bits per heavy atom. The van der Waals surface area contributed by atoms with Crippen molar-refractivity contribution in [3.05, 3.63) is 35.3 Å². The van der Waals surface area contributed by atoms with Gasteiger partial charge in [0, 0.05) is 24.4 Å². The van der Waals surface area contributed by atoms with Crippen molar-refractivity contribution in [1.82, 2.24) is 35.7 Å². The van der Waals surface area contributed by atoms with Crippen LogP contribution < -0.4 is 10.6 Å². The number of hydrogen-bond acceptors (Lipinski definition) is 9. The summed E-state index contributed by atoms with van der Waals surface area (Å²) in [5, 5.41) is 37.8. The van der Waals surface area contributed by atoms with Gasteiger partial charge in [-0.3, -0.25) is 9.59 Å². The van der Waals surface area contributed by atoms with Crippen molar-refractivity contribution in [2.75, 3.05) is 6.54 Å². The fourth-order valence-corrected chi connectivity index (χ4v) is 5.55. The monoisotopic (exact) mass is 675 g/mol. The molecule has 5 atom stereocenters. The number of benzene rings is 1. The fourth-order valence-electron chi connectivity index (χ4n) is 5.17. The SMILES string of the molecule is C=CC1CC1(NC(=O)C1CC(n2nnc(-c3ccc(O)c(Br)c3)n2)CN1C(=O)C(NC(=O)OC(C)(C)C)C(C)(C)C)C(=O)O. The van der Waals surface area contributed by atoms with E-state index in [0.717, 1.165) is 0 Å². The lowest BCUT2D eigenvalue weighted by Gasteiger charge is -2.36. The van der Waals surface area contributed by atoms with Crippen LogP contribution in [0.15, 0.2) is 35.3 Å². The van der Waals surface area contributed by atoms with E-state index in [-0.39, 0.29) is 31.0 Å². The van der Waals surface area contributed by atoms with Gasteiger partial charge in [-0.05, 0) is 71.9 Å². The van der Waals surface area contributed by atoms with Gasteiger partial charge in [-0.15, -0.1) is 16.8 Å². The molecule has 1 aromatic heterocycles. The summed E-state index contributed by atoms with van der Waals surface area (Å²) in [5.41, 5.74) is -2.53. The lowest BCUT2D eigenvalue weighted by molar-refractivity contribution is -0.146. The maximum atomic E-state index is 14.2. The first kappa shape index (κ1) is 32.9. The average molecular weight is 677 g/mol. The molecule has 14 nitrogen and oxygen atoms in total. The Balaban J connectivity index is 1.65. The highest BCUT2D eigenvalue weighted by molar-refractivity contribution is 9.10. The quantitative estimate of drug-likeness (QED) is 0.303. The van der Waals surface area contributed by atoms with E-state index in [1.807, 2.05) is 0 Å². The molecule has 3 amide bonds. The van der Waals surface area contributed by atoms with Crippen LogP contribution in [0.2, 0.25) is 0 Å². The number of halogens is 1. The molecule has 0 spiro atoms. The number of tetrazole rings is 1. The smallest absolute Gasteiger partial charge is 0.408 e. The zero-order valence-corrected chi connectivity index (χ0v) is 27.1. The lowest BCUT2D eigenvalue weighted by Crippen LogP contribution is -2.59. The van der Waals surface area contributed by atoms with Crippen molar-refractivity contribution in [2.45, 2.75) is 83.6 Å². The Morgan fingerprint density at radius 1 is 1.20 bits per heavy atom. The van der Waals surface area contributed by atoms with E-state index in [1.54, 1.807) is 53.7 Å². The molecule has 2 aromatic rings. The van der Waals surface area contributed by atoms with Gasteiger partial charge in [-0.2, -0.15) is 4.80 Å². The Bertz CT molecular complexity index is 1480. The third kappa shape index (κ3) is 6.87. The zero-order chi connectivity index (χ0) is 32.8. The number of phenolic OH excluding ortho intramolecular Hbond substituents is 1. The first-order chi connectivity index (χ1) is 20.4. The number of alkyl carbamates (subject to hydrolysis) is 1. The number of nitrogens with one attached hydrogen (secondary N) is 2. The number of carboxylic acids is 1. The fraction of sp³-hybridized carbons (Fsp3) is 0.552. The molecular formula is C29H38BrN7O7. The van der Waals surface area contributed by atoms with Gasteiger partial charge in [0.2, 0.25) is 17.6 Å². The first-order valence-electron chi connectivity index (χ1n) is 14.1. The number of nitrogens with zero attached hydrogens (tertiary/aromatic N) is 5. The van der Waals surface area contributed by atoms with Crippen LogP contribution in [-0.2, 0) is 19.1 Å². The third-order valence-corrected chi connectivity index (χ3v) is 8.26. The van der Waals surface area contributed by atoms with Gasteiger partial charge in [0.15, 0.2) is 0 Å². The summed E-state index contributed by atoms with van der Waals surface area (Å²) in [6.07, 6.45) is 0.937. The van der Waals surface area contributed by atoms with Gasteiger partial charge >= 0.3 is 12.1 Å². The van der Waals surface area contributed by atoms with E-state index in [1.165, 1.54) is 21.8 Å². The molecule has 1 aromatic carbocycles. The number of aromatic nitrogens is 4. The Kier molecular flexibility index (Phi) is 8.84. The second kappa shape index (κ2) is 11.8. The lowest BCUT2D eigenvalue weighted by atomic mass is 9.85. The van der Waals surface area contributed by atoms with Crippen molar-refractivity contribution in [1.29, 1.82) is 0 Å². The highest BCUT2D eigenvalue weighted by Crippen LogP contribution is 2.45. The molecule has 4 rings (SSSR count). The highest BCUT2D eigenvalue weighted by atomic mass is 79.9. The highest BCUT2D eigenvalue weighted by Gasteiger charge is 2.61. The third-order valence-electron chi connectivity index (χ3n) is 7.63. The summed E-state index contributed by atoms with van der Waals surface area (Å²) in [6.45, 7) is 14.1. The molecular weight excluding hydrogens is 638 g/mol. The molecule has 1 aliphatic heterocycles. The summed E-state index contributed by atoms with van der Waals surface area (Å²) in [4.78, 5) is 55.4. The van der Waals surface area contributed by atoms with E-state index >= 15 is 0 Å². The van der Waals surface area contributed by atoms with Crippen LogP contribution in [0.5, 0.6) is 5.75 Å². The molecule has 1 aliphatic carbocycles. The standard InChI is InChI=1S/C29H38BrN7O7/c1-8-16-13-29(16,25(41)42)32-23(39)19-12-17(37-34-22(33-35-37)15-9-10-20(38)18(30)11-15)14-36(19)24(40)21(27(2,3)4)31-26(43)44-28(5,6)7/h8-11,16-17,19,21,38H,1,12-14H2,2-7H3,(H,31,43)(H,32,39)(H,41,42). The van der Waals surface area contributed by atoms with Crippen LogP contribution in [0, 0.1) is 11.3 Å². The molecule has 1 saturated heterocycles. The molecule has 2 aliphatic rings. The normalized spacial score (nSPS) is 23.9. The van der Waals surface area contributed by atoms with Crippen LogP contribution in [0.3, 0.4) is 0 Å². The molecule has 0 radical (unpaired) electrons. The number of carbonyl (C=O) groups excluding carboxylic acids is 3. The van der Waals surface area contributed by atoms with Crippen LogP contribution in [0.1, 0.15) is 60.4 Å². The molecule has 5 unspecified atom stereocenters. The summed E-state index contributed by atoms with van der Waals surface area (Å²) >= 11 is 3.27. The van der Waals surface area contributed by atoms with Crippen molar-refractivity contribution in [2.24, 2.45) is 11.3 Å². The minimum Gasteiger partial charge on any atom is -0.507 e. The Hall–Kier alpha value is -4.01. The Morgan fingerprint density at radius 2 is 1.89 bits per heavy atom. The second-order valence-corrected chi connectivity index (χ2v) is 14.1. The van der Waals surface area contributed by atoms with Gasteiger partial charge in [0.05, 0.1) is 10.5 Å². The topological polar surface area (TPSA) is 189 Å². The first-order valence-corrected chi connectivity index (χ1v) is 14.9. The molecule has 15 heteroatoms. The van der Waals surface area contributed by atoms with Crippen LogP contribution in [0.25, 0.3) is 11.4 Å². The predicted molar refractivity (Wildman–Crippen MR) is 161 cm³/mol. The Labute approximate surface area is 263 Å². The number of aromatic hydroxyl groups is 1. The molecule has 44 heavy (non-hydrogen) atoms. The number of likely N-dealkylation sites (tertiary alicyclic amines) is 1. The number of carboxylic acid groups (broad SMARTS) is 1. The van der Waals surface area contributed by atoms with Gasteiger partial charge in [0.1, 0.15) is 29.0 Å². The molecule has 1 saturated carbocycles. The number of carbonyl (C=O) groups is 4. The number of ether oxygens (including phenoxy) is 1. The molecule has 238 valence electrons. The van der Waals surface area contributed by atoms with Crippen LogP contribution in [-0.4, -0.2) is 89.0 Å². The maximum Gasteiger partial charge on any atom is 0.408 e. The van der Waals surface area contributed by atoms with E-state index in [4.69, 9.17) is 4.74 Å². The molecule has 2 fully saturated rings. The van der Waals surface area contributed by atoms with Gasteiger partial charge in [-0.1, -0.05) is 26.8 Å². The maximum absolute atomic E-state index is 14.2. The van der Waals surface area contributed by atoms with Crippen LogP contribution >= 0.6 is 15.9 Å². The van der Waals surface area contributed by atoms with E-state index in [2.05, 4.69) is 48.6 Å². The van der Waals surface area contributed by atoms with Crippen LogP contribution in [0.4, 0.5) is 4.79 Å².